The van der Waals surface area contributed by atoms with Crippen molar-refractivity contribution in [1.82, 2.24) is 0 Å². The van der Waals surface area contributed by atoms with Crippen molar-refractivity contribution in [3.05, 3.63) is 12.2 Å². The molecule has 0 saturated heterocycles. The minimum Gasteiger partial charge on any atom is -0.479 e. The van der Waals surface area contributed by atoms with E-state index < -0.39 is 12.1 Å². The fraction of sp³-hybridized carbons (Fsp3) is 0.500. The average Bonchev–Trinajstić information content (AvgIpc) is 1.88. The Morgan fingerprint density at radius 1 is 1.80 bits per heavy atom. The van der Waals surface area contributed by atoms with Crippen LogP contribution in [0.5, 0.6) is 0 Å². The van der Waals surface area contributed by atoms with Crippen LogP contribution in [0, 0.1) is 0 Å². The van der Waals surface area contributed by atoms with Crippen molar-refractivity contribution >= 4 is 5.97 Å². The molecule has 0 aliphatic rings. The topological polar surface area (TPSA) is 66.8 Å². The Bertz CT molecular complexity index is 130. The van der Waals surface area contributed by atoms with Crippen molar-refractivity contribution in [2.24, 2.45) is 0 Å². The molecule has 2 N–H and O–H groups in total. The van der Waals surface area contributed by atoms with Crippen molar-refractivity contribution < 1.29 is 19.7 Å². The lowest BCUT2D eigenvalue weighted by molar-refractivity contribution is -0.144. The predicted octanol–water partition coefficient (Wildman–Crippen LogP) is -0.365. The molecule has 0 amide bonds. The summed E-state index contributed by atoms with van der Waals surface area (Å²) in [5.74, 6) is -1.26. The number of rotatable bonds is 4. The van der Waals surface area contributed by atoms with Crippen LogP contribution >= 0.6 is 0 Å². The van der Waals surface area contributed by atoms with Gasteiger partial charge in [-0.25, -0.2) is 4.79 Å². The lowest BCUT2D eigenvalue weighted by Gasteiger charge is -1.95. The van der Waals surface area contributed by atoms with Crippen LogP contribution in [0.25, 0.3) is 0 Å². The molecule has 10 heavy (non-hydrogen) atoms. The smallest absolute Gasteiger partial charge is 0.336 e. The molecule has 1 atom stereocenters. The molecule has 0 radical (unpaired) electrons. The molecule has 0 saturated carbocycles. The van der Waals surface area contributed by atoms with Gasteiger partial charge in [0.1, 0.15) is 0 Å². The van der Waals surface area contributed by atoms with Gasteiger partial charge in [0.2, 0.25) is 0 Å². The van der Waals surface area contributed by atoms with E-state index in [2.05, 4.69) is 4.74 Å². The highest BCUT2D eigenvalue weighted by atomic mass is 16.5. The summed E-state index contributed by atoms with van der Waals surface area (Å²) in [5.41, 5.74) is 0. The lowest BCUT2D eigenvalue weighted by atomic mass is 10.3. The molecule has 58 valence electrons. The second kappa shape index (κ2) is 4.96. The molecule has 0 spiro atoms. The maximum absolute atomic E-state index is 9.95. The van der Waals surface area contributed by atoms with Gasteiger partial charge in [0.25, 0.3) is 0 Å². The first-order valence-corrected chi connectivity index (χ1v) is 2.75. The number of aliphatic hydroxyl groups is 1. The van der Waals surface area contributed by atoms with Crippen LogP contribution in [-0.4, -0.2) is 36.0 Å². The molecule has 1 unspecified atom stereocenters. The molecule has 0 rings (SSSR count). The summed E-state index contributed by atoms with van der Waals surface area (Å²) in [5, 5.41) is 16.8. The minimum absolute atomic E-state index is 0.310. The summed E-state index contributed by atoms with van der Waals surface area (Å²) >= 11 is 0. The standard InChI is InChI=1S/C6H10O4/c1-10-4-2-3-5(7)6(8)9/h2-3,5,7H,4H2,1H3,(H,8,9)/b3-2+. The Morgan fingerprint density at radius 2 is 2.40 bits per heavy atom. The molecule has 4 nitrogen and oxygen atoms in total. The number of hydrogen-bond acceptors (Lipinski definition) is 3. The molecule has 4 heteroatoms. The first-order valence-electron chi connectivity index (χ1n) is 2.75. The fourth-order valence-electron chi connectivity index (χ4n) is 0.363. The van der Waals surface area contributed by atoms with E-state index >= 15 is 0 Å². The number of hydrogen-bond donors (Lipinski definition) is 2. The SMILES string of the molecule is COC/C=C/C(O)C(=O)O. The molecule has 0 heterocycles. The van der Waals surface area contributed by atoms with E-state index in [-0.39, 0.29) is 0 Å². The van der Waals surface area contributed by atoms with Gasteiger partial charge in [-0.15, -0.1) is 0 Å². The summed E-state index contributed by atoms with van der Waals surface area (Å²) in [6.45, 7) is 0.310. The van der Waals surface area contributed by atoms with Gasteiger partial charge in [-0.3, -0.25) is 0 Å². The van der Waals surface area contributed by atoms with Crippen LogP contribution in [0.3, 0.4) is 0 Å². The fourth-order valence-corrected chi connectivity index (χ4v) is 0.363. The highest BCUT2D eigenvalue weighted by molar-refractivity contribution is 5.74. The molecule has 0 aliphatic heterocycles. The van der Waals surface area contributed by atoms with Gasteiger partial charge in [0, 0.05) is 7.11 Å². The van der Waals surface area contributed by atoms with E-state index in [0.717, 1.165) is 6.08 Å². The Hall–Kier alpha value is -0.870. The first-order chi connectivity index (χ1) is 4.68. The van der Waals surface area contributed by atoms with Crippen molar-refractivity contribution in [1.29, 1.82) is 0 Å². The number of carboxylic acid groups (broad SMARTS) is 1. The molecule has 0 bridgehead atoms. The zero-order valence-corrected chi connectivity index (χ0v) is 5.65. The predicted molar refractivity (Wildman–Crippen MR) is 34.7 cm³/mol. The van der Waals surface area contributed by atoms with E-state index in [9.17, 15) is 4.79 Å². The molecule has 0 aromatic rings. The van der Waals surface area contributed by atoms with Gasteiger partial charge in [-0.2, -0.15) is 0 Å². The van der Waals surface area contributed by atoms with Gasteiger partial charge < -0.3 is 14.9 Å². The van der Waals surface area contributed by atoms with Gasteiger partial charge in [0.15, 0.2) is 6.10 Å². The van der Waals surface area contributed by atoms with Gasteiger partial charge in [-0.05, 0) is 6.08 Å². The zero-order chi connectivity index (χ0) is 7.98. The molecule has 0 aliphatic carbocycles. The second-order valence-corrected chi connectivity index (χ2v) is 1.67. The quantitative estimate of drug-likeness (QED) is 0.531. The highest BCUT2D eigenvalue weighted by Gasteiger charge is 2.06. The van der Waals surface area contributed by atoms with Crippen molar-refractivity contribution in [2.45, 2.75) is 6.10 Å². The third-order valence-electron chi connectivity index (χ3n) is 0.834. The van der Waals surface area contributed by atoms with E-state index in [1.54, 1.807) is 0 Å². The first kappa shape index (κ1) is 9.13. The van der Waals surface area contributed by atoms with Crippen LogP contribution in [0.2, 0.25) is 0 Å². The van der Waals surface area contributed by atoms with E-state index in [4.69, 9.17) is 10.2 Å². The monoisotopic (exact) mass is 146 g/mol. The molecular formula is C6H10O4. The molecule has 0 aromatic carbocycles. The van der Waals surface area contributed by atoms with Gasteiger partial charge in [0.05, 0.1) is 6.61 Å². The summed E-state index contributed by atoms with van der Waals surface area (Å²) in [7, 11) is 1.48. The van der Waals surface area contributed by atoms with Gasteiger partial charge >= 0.3 is 5.97 Å². The van der Waals surface area contributed by atoms with Crippen molar-refractivity contribution in [3.8, 4) is 0 Å². The number of aliphatic hydroxyl groups excluding tert-OH is 1. The highest BCUT2D eigenvalue weighted by Crippen LogP contribution is 1.85. The lowest BCUT2D eigenvalue weighted by Crippen LogP contribution is -2.16. The third-order valence-corrected chi connectivity index (χ3v) is 0.834. The Morgan fingerprint density at radius 3 is 2.80 bits per heavy atom. The largest absolute Gasteiger partial charge is 0.479 e. The second-order valence-electron chi connectivity index (χ2n) is 1.67. The van der Waals surface area contributed by atoms with Gasteiger partial charge in [-0.1, -0.05) is 6.08 Å². The molecule has 0 fully saturated rings. The third kappa shape index (κ3) is 4.05. The van der Waals surface area contributed by atoms with Crippen LogP contribution < -0.4 is 0 Å². The Balaban J connectivity index is 3.55. The number of ether oxygens (including phenoxy) is 1. The summed E-state index contributed by atoms with van der Waals surface area (Å²) < 4.78 is 4.58. The number of carbonyl (C=O) groups is 1. The number of carboxylic acids is 1. The van der Waals surface area contributed by atoms with Crippen molar-refractivity contribution in [2.75, 3.05) is 13.7 Å². The number of methoxy groups -OCH3 is 1. The Labute approximate surface area is 58.7 Å². The zero-order valence-electron chi connectivity index (χ0n) is 5.65. The summed E-state index contributed by atoms with van der Waals surface area (Å²) in [4.78, 5) is 9.95. The van der Waals surface area contributed by atoms with E-state index in [1.165, 1.54) is 13.2 Å². The summed E-state index contributed by atoms with van der Waals surface area (Å²) in [6.07, 6.45) is 1.18. The molecule has 0 aromatic heterocycles. The van der Waals surface area contributed by atoms with Crippen LogP contribution in [0.1, 0.15) is 0 Å². The minimum atomic E-state index is -1.42. The molecular weight excluding hydrogens is 136 g/mol. The Kier molecular flexibility index (Phi) is 4.53. The van der Waals surface area contributed by atoms with Crippen LogP contribution in [-0.2, 0) is 9.53 Å². The summed E-state index contributed by atoms with van der Waals surface area (Å²) in [6, 6.07) is 0. The van der Waals surface area contributed by atoms with Crippen LogP contribution in [0.4, 0.5) is 0 Å². The van der Waals surface area contributed by atoms with E-state index in [0.29, 0.717) is 6.61 Å². The average molecular weight is 146 g/mol. The maximum Gasteiger partial charge on any atom is 0.336 e. The van der Waals surface area contributed by atoms with E-state index in [1.807, 2.05) is 0 Å². The maximum atomic E-state index is 9.95. The number of aliphatic carboxylic acids is 1. The normalized spacial score (nSPS) is 13.8. The van der Waals surface area contributed by atoms with Crippen molar-refractivity contribution in [3.63, 3.8) is 0 Å². The van der Waals surface area contributed by atoms with Crippen LogP contribution in [0.15, 0.2) is 12.2 Å².